The molecule has 5 nitrogen and oxygen atoms in total. The molecule has 2 N–H and O–H groups in total. The minimum Gasteiger partial charge on any atom is -0.478 e. The molecule has 1 heterocycles. The molecule has 0 radical (unpaired) electrons. The summed E-state index contributed by atoms with van der Waals surface area (Å²) in [4.78, 5) is 13.5. The average molecular weight is 283 g/mol. The van der Waals surface area contributed by atoms with Gasteiger partial charge in [-0.25, -0.2) is 4.79 Å². The van der Waals surface area contributed by atoms with E-state index in [1.165, 1.54) is 37.2 Å². The molecule has 0 amide bonds. The first-order chi connectivity index (χ1) is 9.09. The fourth-order valence-corrected chi connectivity index (χ4v) is 3.43. The molecule has 1 saturated carbocycles. The fourth-order valence-electron chi connectivity index (χ4n) is 2.62. The molecule has 1 fully saturated rings. The molecule has 1 aromatic heterocycles. The van der Waals surface area contributed by atoms with Crippen LogP contribution in [0.1, 0.15) is 41.7 Å². The van der Waals surface area contributed by atoms with Gasteiger partial charge in [0.1, 0.15) is 10.6 Å². The molecule has 1 aromatic rings. The standard InChI is InChI=1S/C13H21N3O2S/c1-9-11(13(17)18)12(19-15-9)14-7-8-16(2)10-5-3-4-6-10/h10,14H,3-8H2,1-2H3,(H,17,18). The minimum atomic E-state index is -0.905. The molecular weight excluding hydrogens is 262 g/mol. The Hall–Kier alpha value is -1.14. The smallest absolute Gasteiger partial charge is 0.340 e. The number of nitrogens with zero attached hydrogens (tertiary/aromatic N) is 2. The Bertz CT molecular complexity index is 441. The van der Waals surface area contributed by atoms with Crippen molar-refractivity contribution in [1.29, 1.82) is 0 Å². The maximum atomic E-state index is 11.1. The van der Waals surface area contributed by atoms with Crippen LogP contribution in [0, 0.1) is 6.92 Å². The van der Waals surface area contributed by atoms with Crippen molar-refractivity contribution in [3.8, 4) is 0 Å². The van der Waals surface area contributed by atoms with Crippen molar-refractivity contribution in [3.63, 3.8) is 0 Å². The molecule has 0 aliphatic heterocycles. The molecule has 19 heavy (non-hydrogen) atoms. The van der Waals surface area contributed by atoms with Gasteiger partial charge in [-0.3, -0.25) is 0 Å². The molecular formula is C13H21N3O2S. The highest BCUT2D eigenvalue weighted by Crippen LogP contribution is 2.25. The summed E-state index contributed by atoms with van der Waals surface area (Å²) in [6.45, 7) is 3.42. The zero-order valence-corrected chi connectivity index (χ0v) is 12.3. The van der Waals surface area contributed by atoms with Crippen LogP contribution in [0.5, 0.6) is 0 Å². The molecule has 1 aliphatic carbocycles. The Balaban J connectivity index is 1.84. The maximum absolute atomic E-state index is 11.1. The molecule has 106 valence electrons. The quantitative estimate of drug-likeness (QED) is 0.839. The molecule has 0 atom stereocenters. The SMILES string of the molecule is Cc1nsc(NCCN(C)C2CCCC2)c1C(=O)O. The van der Waals surface area contributed by atoms with Crippen molar-refractivity contribution in [2.45, 2.75) is 38.6 Å². The number of carboxylic acids is 1. The van der Waals surface area contributed by atoms with Crippen LogP contribution < -0.4 is 5.32 Å². The number of rotatable bonds is 6. The fraction of sp³-hybridized carbons (Fsp3) is 0.692. The van der Waals surface area contributed by atoms with Gasteiger partial charge in [0.15, 0.2) is 0 Å². The number of anilines is 1. The molecule has 2 rings (SSSR count). The van der Waals surface area contributed by atoms with Gasteiger partial charge in [0.05, 0.1) is 5.69 Å². The Kier molecular flexibility index (Phi) is 4.76. The van der Waals surface area contributed by atoms with Crippen LogP contribution in [-0.4, -0.2) is 46.5 Å². The summed E-state index contributed by atoms with van der Waals surface area (Å²) in [7, 11) is 2.15. The second-order valence-corrected chi connectivity index (χ2v) is 5.90. The predicted octanol–water partition coefficient (Wildman–Crippen LogP) is 2.44. The first-order valence-electron chi connectivity index (χ1n) is 6.73. The van der Waals surface area contributed by atoms with Crippen molar-refractivity contribution in [2.24, 2.45) is 0 Å². The van der Waals surface area contributed by atoms with E-state index in [1.807, 2.05) is 0 Å². The third-order valence-corrected chi connectivity index (χ3v) is 4.67. The highest BCUT2D eigenvalue weighted by atomic mass is 32.1. The average Bonchev–Trinajstić information content (AvgIpc) is 2.98. The van der Waals surface area contributed by atoms with Crippen LogP contribution in [0.15, 0.2) is 0 Å². The highest BCUT2D eigenvalue weighted by molar-refractivity contribution is 7.10. The van der Waals surface area contributed by atoms with Gasteiger partial charge in [-0.2, -0.15) is 4.37 Å². The Morgan fingerprint density at radius 2 is 2.21 bits per heavy atom. The number of nitrogens with one attached hydrogen (secondary N) is 1. The van der Waals surface area contributed by atoms with E-state index >= 15 is 0 Å². The van der Waals surface area contributed by atoms with E-state index < -0.39 is 5.97 Å². The third-order valence-electron chi connectivity index (χ3n) is 3.77. The Morgan fingerprint density at radius 1 is 1.53 bits per heavy atom. The van der Waals surface area contributed by atoms with Crippen molar-refractivity contribution in [1.82, 2.24) is 9.27 Å². The van der Waals surface area contributed by atoms with Gasteiger partial charge >= 0.3 is 5.97 Å². The second-order valence-electron chi connectivity index (χ2n) is 5.12. The molecule has 1 aliphatic rings. The van der Waals surface area contributed by atoms with E-state index in [4.69, 9.17) is 5.11 Å². The van der Waals surface area contributed by atoms with E-state index in [0.717, 1.165) is 13.1 Å². The van der Waals surface area contributed by atoms with Crippen LogP contribution in [-0.2, 0) is 0 Å². The van der Waals surface area contributed by atoms with Gasteiger partial charge < -0.3 is 15.3 Å². The lowest BCUT2D eigenvalue weighted by molar-refractivity contribution is 0.0697. The normalized spacial score (nSPS) is 16.2. The Labute approximate surface area is 117 Å². The van der Waals surface area contributed by atoms with Crippen LogP contribution in [0.4, 0.5) is 5.00 Å². The molecule has 6 heteroatoms. The zero-order chi connectivity index (χ0) is 13.8. The molecule has 0 saturated heterocycles. The van der Waals surface area contributed by atoms with Crippen molar-refractivity contribution in [3.05, 3.63) is 11.3 Å². The maximum Gasteiger partial charge on any atom is 0.340 e. The van der Waals surface area contributed by atoms with Crippen molar-refractivity contribution in [2.75, 3.05) is 25.5 Å². The number of carboxylic acid groups (broad SMARTS) is 1. The highest BCUT2D eigenvalue weighted by Gasteiger charge is 2.20. The van der Waals surface area contributed by atoms with E-state index in [9.17, 15) is 4.79 Å². The lowest BCUT2D eigenvalue weighted by Crippen LogP contribution is -2.33. The molecule has 0 spiro atoms. The summed E-state index contributed by atoms with van der Waals surface area (Å²) in [5.41, 5.74) is 0.901. The van der Waals surface area contributed by atoms with Crippen LogP contribution in [0.25, 0.3) is 0 Å². The number of hydrogen-bond donors (Lipinski definition) is 2. The predicted molar refractivity (Wildman–Crippen MR) is 77.2 cm³/mol. The summed E-state index contributed by atoms with van der Waals surface area (Å²) in [5.74, 6) is -0.905. The van der Waals surface area contributed by atoms with Crippen LogP contribution in [0.3, 0.4) is 0 Å². The van der Waals surface area contributed by atoms with Crippen LogP contribution in [0.2, 0.25) is 0 Å². The molecule has 0 aromatic carbocycles. The summed E-state index contributed by atoms with van der Waals surface area (Å²) in [6.07, 6.45) is 5.24. The first kappa shape index (κ1) is 14.3. The number of aryl methyl sites for hydroxylation is 1. The lowest BCUT2D eigenvalue weighted by atomic mass is 10.2. The van der Waals surface area contributed by atoms with Crippen molar-refractivity contribution < 1.29 is 9.90 Å². The lowest BCUT2D eigenvalue weighted by Gasteiger charge is -2.23. The summed E-state index contributed by atoms with van der Waals surface area (Å²) < 4.78 is 4.10. The summed E-state index contributed by atoms with van der Waals surface area (Å²) in [5, 5.41) is 13.0. The van der Waals surface area contributed by atoms with E-state index in [2.05, 4.69) is 21.6 Å². The van der Waals surface area contributed by atoms with Gasteiger partial charge in [-0.1, -0.05) is 12.8 Å². The number of carbonyl (C=O) groups is 1. The third kappa shape index (κ3) is 3.45. The molecule has 0 bridgehead atoms. The topological polar surface area (TPSA) is 65.5 Å². The number of likely N-dealkylation sites (N-methyl/N-ethyl adjacent to an activating group) is 1. The monoisotopic (exact) mass is 283 g/mol. The largest absolute Gasteiger partial charge is 0.478 e. The summed E-state index contributed by atoms with van der Waals surface area (Å²) in [6, 6.07) is 0.698. The van der Waals surface area contributed by atoms with E-state index in [0.29, 0.717) is 22.3 Å². The number of aromatic carboxylic acids is 1. The zero-order valence-electron chi connectivity index (χ0n) is 11.5. The van der Waals surface area contributed by atoms with E-state index in [-0.39, 0.29) is 0 Å². The summed E-state index contributed by atoms with van der Waals surface area (Å²) >= 11 is 1.23. The van der Waals surface area contributed by atoms with Gasteiger partial charge in [0.2, 0.25) is 0 Å². The van der Waals surface area contributed by atoms with E-state index in [1.54, 1.807) is 6.92 Å². The Morgan fingerprint density at radius 3 is 2.84 bits per heavy atom. The molecule has 0 unspecified atom stereocenters. The second kappa shape index (κ2) is 6.34. The van der Waals surface area contributed by atoms with Gasteiger partial charge in [-0.15, -0.1) is 0 Å². The number of aromatic nitrogens is 1. The first-order valence-corrected chi connectivity index (χ1v) is 7.50. The minimum absolute atomic E-state index is 0.313. The van der Waals surface area contributed by atoms with Gasteiger partial charge in [0, 0.05) is 19.1 Å². The van der Waals surface area contributed by atoms with Gasteiger partial charge in [0.25, 0.3) is 0 Å². The number of hydrogen-bond acceptors (Lipinski definition) is 5. The van der Waals surface area contributed by atoms with Gasteiger partial charge in [-0.05, 0) is 38.3 Å². The van der Waals surface area contributed by atoms with Crippen LogP contribution >= 0.6 is 11.5 Å². The van der Waals surface area contributed by atoms with Crippen molar-refractivity contribution >= 4 is 22.5 Å².